The van der Waals surface area contributed by atoms with Crippen LogP contribution in [-0.4, -0.2) is 39.8 Å². The first-order valence-corrected chi connectivity index (χ1v) is 9.96. The molecule has 1 N–H and O–H groups in total. The summed E-state index contributed by atoms with van der Waals surface area (Å²) in [5.41, 5.74) is 1.39. The molecular formula is C23H24N2O4. The smallest absolute Gasteiger partial charge is 0.295 e. The molecule has 1 saturated heterocycles. The number of likely N-dealkylation sites (tertiary alicyclic amines) is 1. The number of carbonyl (C=O) groups is 2. The maximum atomic E-state index is 13.0. The third-order valence-electron chi connectivity index (χ3n) is 5.83. The Morgan fingerprint density at radius 1 is 1.03 bits per heavy atom. The SMILES string of the molecule is COc1ccc(/C(O)=C2/C(=O)C(=O)N(C3CCCCC3)C2c2ccncc2)cc1. The summed E-state index contributed by atoms with van der Waals surface area (Å²) >= 11 is 0. The van der Waals surface area contributed by atoms with Crippen LogP contribution in [0.2, 0.25) is 0 Å². The summed E-state index contributed by atoms with van der Waals surface area (Å²) in [6.45, 7) is 0. The molecule has 6 nitrogen and oxygen atoms in total. The average molecular weight is 392 g/mol. The Balaban J connectivity index is 1.83. The van der Waals surface area contributed by atoms with Crippen molar-refractivity contribution in [3.8, 4) is 5.75 Å². The van der Waals surface area contributed by atoms with Gasteiger partial charge in [-0.2, -0.15) is 0 Å². The minimum Gasteiger partial charge on any atom is -0.507 e. The van der Waals surface area contributed by atoms with Crippen LogP contribution in [-0.2, 0) is 9.59 Å². The molecule has 1 aliphatic carbocycles. The quantitative estimate of drug-likeness (QED) is 0.486. The molecule has 6 heteroatoms. The van der Waals surface area contributed by atoms with E-state index in [4.69, 9.17) is 4.74 Å². The standard InChI is InChI=1S/C23H24N2O4/c1-29-18-9-7-16(8-10-18)21(26)19-20(15-11-13-24-14-12-15)25(23(28)22(19)27)17-5-3-2-4-6-17/h7-14,17,20,26H,2-6H2,1H3/b21-19-. The second-order valence-electron chi connectivity index (χ2n) is 7.51. The van der Waals surface area contributed by atoms with Gasteiger partial charge in [0.2, 0.25) is 0 Å². The van der Waals surface area contributed by atoms with Crippen molar-refractivity contribution < 1.29 is 19.4 Å². The number of rotatable bonds is 4. The number of ether oxygens (including phenoxy) is 1. The van der Waals surface area contributed by atoms with E-state index in [1.165, 1.54) is 0 Å². The van der Waals surface area contributed by atoms with Crippen molar-refractivity contribution in [2.75, 3.05) is 7.11 Å². The maximum absolute atomic E-state index is 13.0. The number of ketones is 1. The first-order chi connectivity index (χ1) is 14.1. The summed E-state index contributed by atoms with van der Waals surface area (Å²) in [5.74, 6) is -0.680. The number of amides is 1. The van der Waals surface area contributed by atoms with Crippen molar-refractivity contribution in [2.45, 2.75) is 44.2 Å². The molecule has 1 unspecified atom stereocenters. The molecule has 2 fully saturated rings. The van der Waals surface area contributed by atoms with Crippen molar-refractivity contribution in [1.82, 2.24) is 9.88 Å². The minimum absolute atomic E-state index is 0.000433. The van der Waals surface area contributed by atoms with Crippen molar-refractivity contribution in [1.29, 1.82) is 0 Å². The van der Waals surface area contributed by atoms with Crippen LogP contribution in [0.25, 0.3) is 5.76 Å². The van der Waals surface area contributed by atoms with Gasteiger partial charge in [-0.15, -0.1) is 0 Å². The Morgan fingerprint density at radius 3 is 2.31 bits per heavy atom. The number of carbonyl (C=O) groups excluding carboxylic acids is 2. The van der Waals surface area contributed by atoms with Crippen molar-refractivity contribution >= 4 is 17.4 Å². The van der Waals surface area contributed by atoms with E-state index in [0.29, 0.717) is 11.3 Å². The number of Topliss-reactive ketones (excluding diaryl/α,β-unsaturated/α-hetero) is 1. The van der Waals surface area contributed by atoms with Crippen LogP contribution in [0.1, 0.15) is 49.3 Å². The first-order valence-electron chi connectivity index (χ1n) is 9.96. The van der Waals surface area contributed by atoms with Gasteiger partial charge < -0.3 is 14.7 Å². The monoisotopic (exact) mass is 392 g/mol. The molecule has 0 radical (unpaired) electrons. The van der Waals surface area contributed by atoms with Gasteiger partial charge in [0, 0.05) is 24.0 Å². The van der Waals surface area contributed by atoms with Gasteiger partial charge >= 0.3 is 0 Å². The molecule has 150 valence electrons. The highest BCUT2D eigenvalue weighted by atomic mass is 16.5. The van der Waals surface area contributed by atoms with E-state index in [1.54, 1.807) is 60.8 Å². The lowest BCUT2D eigenvalue weighted by Crippen LogP contribution is -2.40. The van der Waals surface area contributed by atoms with Crippen LogP contribution in [0.4, 0.5) is 0 Å². The van der Waals surface area contributed by atoms with Gasteiger partial charge in [-0.1, -0.05) is 19.3 Å². The number of hydrogen-bond donors (Lipinski definition) is 1. The van der Waals surface area contributed by atoms with Gasteiger partial charge in [0.05, 0.1) is 18.7 Å². The number of hydrogen-bond acceptors (Lipinski definition) is 5. The maximum Gasteiger partial charge on any atom is 0.295 e. The summed E-state index contributed by atoms with van der Waals surface area (Å²) < 4.78 is 5.17. The van der Waals surface area contributed by atoms with Crippen LogP contribution in [0.3, 0.4) is 0 Å². The number of aromatic nitrogens is 1. The second-order valence-corrected chi connectivity index (χ2v) is 7.51. The van der Waals surface area contributed by atoms with Crippen molar-refractivity contribution in [3.05, 3.63) is 65.5 Å². The fourth-order valence-corrected chi connectivity index (χ4v) is 4.36. The summed E-state index contributed by atoms with van der Waals surface area (Å²) in [6.07, 6.45) is 8.25. The lowest BCUT2D eigenvalue weighted by atomic mass is 9.91. The fraction of sp³-hybridized carbons (Fsp3) is 0.348. The zero-order valence-electron chi connectivity index (χ0n) is 16.4. The van der Waals surface area contributed by atoms with Crippen LogP contribution in [0.5, 0.6) is 5.75 Å². The molecule has 0 bridgehead atoms. The molecule has 1 saturated carbocycles. The minimum atomic E-state index is -0.634. The highest BCUT2D eigenvalue weighted by Gasteiger charge is 2.48. The Labute approximate surface area is 169 Å². The summed E-state index contributed by atoms with van der Waals surface area (Å²) in [6, 6.07) is 9.79. The predicted molar refractivity (Wildman–Crippen MR) is 108 cm³/mol. The first kappa shape index (κ1) is 19.2. The highest BCUT2D eigenvalue weighted by Crippen LogP contribution is 2.42. The van der Waals surface area contributed by atoms with Crippen LogP contribution in [0, 0.1) is 0 Å². The van der Waals surface area contributed by atoms with Gasteiger partial charge in [-0.3, -0.25) is 14.6 Å². The van der Waals surface area contributed by atoms with Gasteiger partial charge in [-0.05, 0) is 54.8 Å². The number of benzene rings is 1. The number of pyridine rings is 1. The Hall–Kier alpha value is -3.15. The van der Waals surface area contributed by atoms with Gasteiger partial charge in [0.15, 0.2) is 0 Å². The number of methoxy groups -OCH3 is 1. The zero-order valence-corrected chi connectivity index (χ0v) is 16.4. The van der Waals surface area contributed by atoms with Gasteiger partial charge in [0.25, 0.3) is 11.7 Å². The second kappa shape index (κ2) is 8.07. The normalized spacial score (nSPS) is 22.1. The molecule has 2 aromatic rings. The average Bonchev–Trinajstić information content (AvgIpc) is 3.05. The number of nitrogens with zero attached hydrogens (tertiary/aromatic N) is 2. The summed E-state index contributed by atoms with van der Waals surface area (Å²) in [7, 11) is 1.56. The predicted octanol–water partition coefficient (Wildman–Crippen LogP) is 3.84. The van der Waals surface area contributed by atoms with E-state index in [1.807, 2.05) is 0 Å². The molecule has 0 spiro atoms. The largest absolute Gasteiger partial charge is 0.507 e. The summed E-state index contributed by atoms with van der Waals surface area (Å²) in [5, 5.41) is 11.0. The Kier molecular flexibility index (Phi) is 5.34. The topological polar surface area (TPSA) is 79.7 Å². The lowest BCUT2D eigenvalue weighted by molar-refractivity contribution is -0.141. The number of aliphatic hydroxyl groups excluding tert-OH is 1. The summed E-state index contributed by atoms with van der Waals surface area (Å²) in [4.78, 5) is 31.8. The fourth-order valence-electron chi connectivity index (χ4n) is 4.36. The van der Waals surface area contributed by atoms with Gasteiger partial charge in [0.1, 0.15) is 11.5 Å². The molecule has 29 heavy (non-hydrogen) atoms. The Morgan fingerprint density at radius 2 is 1.69 bits per heavy atom. The Bertz CT molecular complexity index is 931. The van der Waals surface area contributed by atoms with Crippen molar-refractivity contribution in [3.63, 3.8) is 0 Å². The van der Waals surface area contributed by atoms with E-state index in [-0.39, 0.29) is 17.4 Å². The third-order valence-corrected chi connectivity index (χ3v) is 5.83. The van der Waals surface area contributed by atoms with E-state index in [9.17, 15) is 14.7 Å². The molecule has 1 aromatic heterocycles. The molecule has 1 atom stereocenters. The van der Waals surface area contributed by atoms with E-state index in [2.05, 4.69) is 4.98 Å². The molecule has 1 aliphatic heterocycles. The van der Waals surface area contributed by atoms with Gasteiger partial charge in [-0.25, -0.2) is 0 Å². The lowest BCUT2D eigenvalue weighted by Gasteiger charge is -2.35. The molecule has 2 aliphatic rings. The molecule has 1 amide bonds. The van der Waals surface area contributed by atoms with E-state index < -0.39 is 17.7 Å². The highest BCUT2D eigenvalue weighted by molar-refractivity contribution is 6.46. The van der Waals surface area contributed by atoms with Crippen molar-refractivity contribution in [2.24, 2.45) is 0 Å². The molecule has 1 aromatic carbocycles. The molecule has 2 heterocycles. The van der Waals surface area contributed by atoms with Crippen LogP contribution in [0.15, 0.2) is 54.4 Å². The zero-order chi connectivity index (χ0) is 20.4. The molecule has 4 rings (SSSR count). The van der Waals surface area contributed by atoms with E-state index >= 15 is 0 Å². The number of aliphatic hydroxyl groups is 1. The molecular weight excluding hydrogens is 368 g/mol. The third kappa shape index (κ3) is 3.50. The van der Waals surface area contributed by atoms with Crippen LogP contribution < -0.4 is 4.74 Å². The van der Waals surface area contributed by atoms with Crippen LogP contribution >= 0.6 is 0 Å². The van der Waals surface area contributed by atoms with E-state index in [0.717, 1.165) is 37.7 Å².